The Hall–Kier alpha value is -4.98. The molecule has 0 amide bonds. The van der Waals surface area contributed by atoms with Gasteiger partial charge >= 0.3 is 23.9 Å². The molecular weight excluding hydrogens is 536 g/mol. The molecule has 0 unspecified atom stereocenters. The number of rotatable bonds is 12. The third-order valence-corrected chi connectivity index (χ3v) is 6.81. The first-order valence-corrected chi connectivity index (χ1v) is 13.4. The van der Waals surface area contributed by atoms with Crippen LogP contribution in [0.3, 0.4) is 0 Å². The van der Waals surface area contributed by atoms with E-state index in [1.54, 1.807) is 62.4 Å². The van der Waals surface area contributed by atoms with E-state index in [1.165, 1.54) is 0 Å². The second-order valence-corrected chi connectivity index (χ2v) is 9.62. The highest BCUT2D eigenvalue weighted by Gasteiger charge is 2.17. The van der Waals surface area contributed by atoms with Crippen molar-refractivity contribution in [2.24, 2.45) is 0 Å². The summed E-state index contributed by atoms with van der Waals surface area (Å²) < 4.78 is 21.4. The van der Waals surface area contributed by atoms with Gasteiger partial charge in [-0.25, -0.2) is 19.2 Å². The van der Waals surface area contributed by atoms with Gasteiger partial charge in [0.15, 0.2) is 0 Å². The Morgan fingerprint density at radius 1 is 0.619 bits per heavy atom. The lowest BCUT2D eigenvalue weighted by atomic mass is 10.0. The molecule has 0 aromatic heterocycles. The summed E-state index contributed by atoms with van der Waals surface area (Å²) in [5.74, 6) is -1.30. The maximum atomic E-state index is 12.9. The highest BCUT2D eigenvalue weighted by Crippen LogP contribution is 2.30. The van der Waals surface area contributed by atoms with Crippen molar-refractivity contribution < 1.29 is 38.1 Å². The molecule has 0 aliphatic rings. The van der Waals surface area contributed by atoms with Gasteiger partial charge in [-0.3, -0.25) is 0 Å². The third kappa shape index (κ3) is 8.27. The molecular formula is C34H34O8. The van der Waals surface area contributed by atoms with Crippen molar-refractivity contribution in [2.75, 3.05) is 13.2 Å². The number of carbonyl (C=O) groups is 4. The van der Waals surface area contributed by atoms with E-state index in [9.17, 15) is 19.2 Å². The predicted molar refractivity (Wildman–Crippen MR) is 158 cm³/mol. The van der Waals surface area contributed by atoms with Crippen molar-refractivity contribution in [1.82, 2.24) is 0 Å². The van der Waals surface area contributed by atoms with Crippen LogP contribution in [-0.2, 0) is 31.9 Å². The molecule has 0 atom stereocenters. The number of hydrogen-bond donors (Lipinski definition) is 0. The van der Waals surface area contributed by atoms with Gasteiger partial charge < -0.3 is 18.9 Å². The van der Waals surface area contributed by atoms with Crippen LogP contribution in [0.5, 0.6) is 11.5 Å². The summed E-state index contributed by atoms with van der Waals surface area (Å²) in [4.78, 5) is 48.2. The maximum Gasteiger partial charge on any atom is 0.343 e. The largest absolute Gasteiger partial charge is 0.462 e. The van der Waals surface area contributed by atoms with Crippen LogP contribution in [0.15, 0.2) is 73.8 Å². The zero-order chi connectivity index (χ0) is 30.8. The molecule has 8 nitrogen and oxygen atoms in total. The predicted octanol–water partition coefficient (Wildman–Crippen LogP) is 5.90. The SMILES string of the molecule is C=CC(=O)OCCc1ccc(C(=O)Oc2ccc(OC(=O)c3ccc(CCOC(=O)C=C)c(C)c3)c(C)c2C)cc1C. The highest BCUT2D eigenvalue weighted by molar-refractivity contribution is 5.92. The highest BCUT2D eigenvalue weighted by atomic mass is 16.5. The first-order valence-electron chi connectivity index (χ1n) is 13.4. The van der Waals surface area contributed by atoms with Crippen molar-refractivity contribution in [3.05, 3.63) is 118 Å². The molecule has 3 aromatic rings. The van der Waals surface area contributed by atoms with Gasteiger partial charge in [-0.15, -0.1) is 0 Å². The van der Waals surface area contributed by atoms with Gasteiger partial charge in [0.25, 0.3) is 0 Å². The second kappa shape index (κ2) is 14.6. The molecule has 42 heavy (non-hydrogen) atoms. The Bertz CT molecular complexity index is 1420. The smallest absolute Gasteiger partial charge is 0.343 e. The fraction of sp³-hybridized carbons (Fsp3) is 0.235. The molecule has 8 heteroatoms. The summed E-state index contributed by atoms with van der Waals surface area (Å²) >= 11 is 0. The first kappa shape index (κ1) is 31.5. The third-order valence-electron chi connectivity index (χ3n) is 6.81. The number of hydrogen-bond acceptors (Lipinski definition) is 8. The number of aryl methyl sites for hydroxylation is 2. The Morgan fingerprint density at radius 2 is 1.00 bits per heavy atom. The van der Waals surface area contributed by atoms with Crippen molar-refractivity contribution in [2.45, 2.75) is 40.5 Å². The average Bonchev–Trinajstić information content (AvgIpc) is 2.98. The number of ether oxygens (including phenoxy) is 4. The quantitative estimate of drug-likeness (QED) is 0.151. The molecule has 3 rings (SSSR count). The summed E-state index contributed by atoms with van der Waals surface area (Å²) in [5.41, 5.74) is 5.70. The van der Waals surface area contributed by atoms with E-state index >= 15 is 0 Å². The Labute approximate surface area is 245 Å². The minimum atomic E-state index is -0.523. The summed E-state index contributed by atoms with van der Waals surface area (Å²) in [6.07, 6.45) is 3.25. The Balaban J connectivity index is 1.64. The van der Waals surface area contributed by atoms with Crippen LogP contribution in [0, 0.1) is 27.7 Å². The minimum absolute atomic E-state index is 0.213. The maximum absolute atomic E-state index is 12.9. The summed E-state index contributed by atoms with van der Waals surface area (Å²) in [6, 6.07) is 13.6. The molecule has 3 aromatic carbocycles. The van der Waals surface area contributed by atoms with Crippen LogP contribution in [0.1, 0.15) is 54.1 Å². The van der Waals surface area contributed by atoms with Crippen LogP contribution in [-0.4, -0.2) is 37.1 Å². The van der Waals surface area contributed by atoms with Gasteiger partial charge in [0.05, 0.1) is 24.3 Å². The molecule has 0 fully saturated rings. The summed E-state index contributed by atoms with van der Waals surface area (Å²) in [7, 11) is 0. The van der Waals surface area contributed by atoms with E-state index in [2.05, 4.69) is 13.2 Å². The van der Waals surface area contributed by atoms with Crippen molar-refractivity contribution in [3.8, 4) is 11.5 Å². The fourth-order valence-corrected chi connectivity index (χ4v) is 4.16. The lowest BCUT2D eigenvalue weighted by Gasteiger charge is -2.15. The molecule has 0 aliphatic carbocycles. The summed E-state index contributed by atoms with van der Waals surface area (Å²) in [5, 5.41) is 0. The molecule has 0 bridgehead atoms. The van der Waals surface area contributed by atoms with Crippen molar-refractivity contribution in [1.29, 1.82) is 0 Å². The standard InChI is InChI=1S/C34H34O8/c1-7-31(35)39-17-15-25-9-11-27(19-21(25)3)33(37)41-29-13-14-30(24(6)23(29)5)42-34(38)28-12-10-26(22(4)20-28)16-18-40-32(36)8-2/h7-14,19-20H,1-2,15-18H2,3-6H3. The lowest BCUT2D eigenvalue weighted by molar-refractivity contribution is -0.138. The fourth-order valence-electron chi connectivity index (χ4n) is 4.16. The number of esters is 4. The van der Waals surface area contributed by atoms with E-state index in [0.29, 0.717) is 46.6 Å². The van der Waals surface area contributed by atoms with E-state index in [0.717, 1.165) is 34.4 Å². The van der Waals surface area contributed by atoms with Gasteiger partial charge in [0, 0.05) is 25.0 Å². The molecule has 0 heterocycles. The minimum Gasteiger partial charge on any atom is -0.462 e. The Morgan fingerprint density at radius 3 is 1.33 bits per heavy atom. The van der Waals surface area contributed by atoms with Gasteiger partial charge in [-0.2, -0.15) is 0 Å². The average molecular weight is 571 g/mol. The second-order valence-electron chi connectivity index (χ2n) is 9.62. The van der Waals surface area contributed by atoms with Crippen LogP contribution < -0.4 is 9.47 Å². The molecule has 0 saturated carbocycles. The van der Waals surface area contributed by atoms with Gasteiger partial charge in [0.2, 0.25) is 0 Å². The molecule has 0 aliphatic heterocycles. The van der Waals surface area contributed by atoms with Crippen LogP contribution >= 0.6 is 0 Å². The zero-order valence-electron chi connectivity index (χ0n) is 24.3. The molecule has 0 N–H and O–H groups in total. The van der Waals surface area contributed by atoms with Gasteiger partial charge in [-0.1, -0.05) is 25.3 Å². The van der Waals surface area contributed by atoms with E-state index in [1.807, 2.05) is 13.8 Å². The van der Waals surface area contributed by atoms with Crippen LogP contribution in [0.25, 0.3) is 0 Å². The Kier molecular flexibility index (Phi) is 11.0. The van der Waals surface area contributed by atoms with Gasteiger partial charge in [0.1, 0.15) is 11.5 Å². The molecule has 0 radical (unpaired) electrons. The molecule has 0 saturated heterocycles. The topological polar surface area (TPSA) is 105 Å². The molecule has 0 spiro atoms. The van der Waals surface area contributed by atoms with E-state index in [-0.39, 0.29) is 13.2 Å². The summed E-state index contributed by atoms with van der Waals surface area (Å²) in [6.45, 7) is 14.5. The number of benzene rings is 3. The molecule has 218 valence electrons. The van der Waals surface area contributed by atoms with E-state index < -0.39 is 23.9 Å². The van der Waals surface area contributed by atoms with E-state index in [4.69, 9.17) is 18.9 Å². The van der Waals surface area contributed by atoms with Crippen molar-refractivity contribution >= 4 is 23.9 Å². The first-order chi connectivity index (χ1) is 20.0. The zero-order valence-corrected chi connectivity index (χ0v) is 24.3. The monoisotopic (exact) mass is 570 g/mol. The lowest BCUT2D eigenvalue weighted by Crippen LogP contribution is -2.13. The van der Waals surface area contributed by atoms with Gasteiger partial charge in [-0.05, 0) is 97.5 Å². The van der Waals surface area contributed by atoms with Crippen molar-refractivity contribution in [3.63, 3.8) is 0 Å². The van der Waals surface area contributed by atoms with Crippen LogP contribution in [0.4, 0.5) is 0 Å². The van der Waals surface area contributed by atoms with Crippen LogP contribution in [0.2, 0.25) is 0 Å². The normalized spacial score (nSPS) is 10.4. The number of carbonyl (C=O) groups excluding carboxylic acids is 4.